The number of esters is 2. The number of rotatable bonds is 10. The Morgan fingerprint density at radius 1 is 0.742 bits per heavy atom. The number of carboxylic acid groups (broad SMARTS) is 2. The summed E-state index contributed by atoms with van der Waals surface area (Å²) in [5.41, 5.74) is 4.14. The fourth-order valence-electron chi connectivity index (χ4n) is 3.63. The van der Waals surface area contributed by atoms with Gasteiger partial charge in [-0.05, 0) is 48.9 Å². The van der Waals surface area contributed by atoms with Gasteiger partial charge in [-0.2, -0.15) is 0 Å². The van der Waals surface area contributed by atoms with Gasteiger partial charge in [0, 0.05) is 30.7 Å². The molecule has 0 fully saturated rings. The smallest absolute Gasteiger partial charge is 0.354 e. The molecule has 0 saturated carbocycles. The predicted molar refractivity (Wildman–Crippen MR) is 108 cm³/mol. The number of nitrogens with one attached hydrogen (secondary N) is 2. The molecular weight excluding hydrogens is 408 g/mol. The van der Waals surface area contributed by atoms with Gasteiger partial charge in [0.25, 0.3) is 0 Å². The van der Waals surface area contributed by atoms with Crippen molar-refractivity contribution in [3.63, 3.8) is 0 Å². The highest BCUT2D eigenvalue weighted by Gasteiger charge is 2.24. The fourth-order valence-corrected chi connectivity index (χ4v) is 3.63. The maximum absolute atomic E-state index is 12.1. The standard InChI is InChI=1S/C21H26N2O8/c1-10-12(5-7-16(24)25)14(22-18(10)20(28)30-3)9-15-13(6-8-17(26)27)11(2)19(23-15)21(29)31-4/h22-23H,5-9H2,1-4H3,(H,24,25)(H,26,27). The van der Waals surface area contributed by atoms with Crippen molar-refractivity contribution < 1.29 is 38.9 Å². The Morgan fingerprint density at radius 3 is 1.39 bits per heavy atom. The lowest BCUT2D eigenvalue weighted by Gasteiger charge is -2.07. The SMILES string of the molecule is COC(=O)c1[nH]c(Cc2[nH]c(C(=O)OC)c(C)c2CCC(=O)O)c(CCC(=O)O)c1C. The van der Waals surface area contributed by atoms with Crippen LogP contribution in [0.5, 0.6) is 0 Å². The van der Waals surface area contributed by atoms with Crippen molar-refractivity contribution >= 4 is 23.9 Å². The maximum atomic E-state index is 12.1. The van der Waals surface area contributed by atoms with Gasteiger partial charge in [0.1, 0.15) is 11.4 Å². The number of carbonyl (C=O) groups excluding carboxylic acids is 2. The third kappa shape index (κ3) is 5.33. The minimum absolute atomic E-state index is 0.130. The number of hydrogen-bond acceptors (Lipinski definition) is 6. The Hall–Kier alpha value is -3.56. The second kappa shape index (κ2) is 9.96. The number of aromatic amines is 2. The molecule has 10 heteroatoms. The van der Waals surface area contributed by atoms with Gasteiger partial charge in [-0.1, -0.05) is 0 Å². The molecule has 31 heavy (non-hydrogen) atoms. The molecule has 0 amide bonds. The maximum Gasteiger partial charge on any atom is 0.354 e. The van der Waals surface area contributed by atoms with E-state index in [-0.39, 0.29) is 43.5 Å². The van der Waals surface area contributed by atoms with Crippen LogP contribution in [0.1, 0.15) is 67.5 Å². The van der Waals surface area contributed by atoms with E-state index in [0.717, 1.165) is 0 Å². The van der Waals surface area contributed by atoms with Gasteiger partial charge in [0.2, 0.25) is 0 Å². The summed E-state index contributed by atoms with van der Waals surface area (Å²) in [6.45, 7) is 3.41. The molecule has 0 aliphatic rings. The summed E-state index contributed by atoms with van der Waals surface area (Å²) in [6.07, 6.45) is 0.334. The van der Waals surface area contributed by atoms with Crippen LogP contribution in [0.2, 0.25) is 0 Å². The molecule has 4 N–H and O–H groups in total. The average molecular weight is 434 g/mol. The van der Waals surface area contributed by atoms with Crippen LogP contribution in [-0.2, 0) is 38.3 Å². The Morgan fingerprint density at radius 2 is 1.10 bits per heavy atom. The second-order valence-corrected chi connectivity index (χ2v) is 7.11. The van der Waals surface area contributed by atoms with Crippen molar-refractivity contribution in [2.45, 2.75) is 46.0 Å². The van der Waals surface area contributed by atoms with E-state index >= 15 is 0 Å². The number of ether oxygens (including phenoxy) is 2. The zero-order chi connectivity index (χ0) is 23.3. The third-order valence-electron chi connectivity index (χ3n) is 5.25. The van der Waals surface area contributed by atoms with E-state index in [1.807, 2.05) is 0 Å². The molecule has 0 bridgehead atoms. The molecule has 0 aliphatic carbocycles. The molecule has 0 aromatic carbocycles. The largest absolute Gasteiger partial charge is 0.481 e. The molecule has 0 aliphatic heterocycles. The van der Waals surface area contributed by atoms with E-state index in [9.17, 15) is 19.2 Å². The number of carbonyl (C=O) groups is 4. The first-order valence-corrected chi connectivity index (χ1v) is 9.61. The molecular formula is C21H26N2O8. The van der Waals surface area contributed by atoms with Gasteiger partial charge < -0.3 is 29.7 Å². The summed E-state index contributed by atoms with van der Waals surface area (Å²) in [5.74, 6) is -3.11. The Bertz CT molecular complexity index is 935. The molecule has 2 aromatic heterocycles. The highest BCUT2D eigenvalue weighted by atomic mass is 16.5. The van der Waals surface area contributed by atoms with E-state index in [1.54, 1.807) is 13.8 Å². The van der Waals surface area contributed by atoms with Crippen molar-refractivity contribution in [1.29, 1.82) is 0 Å². The van der Waals surface area contributed by atoms with Crippen LogP contribution in [0.4, 0.5) is 0 Å². The molecule has 0 saturated heterocycles. The molecule has 0 atom stereocenters. The van der Waals surface area contributed by atoms with Crippen LogP contribution in [-0.4, -0.2) is 58.3 Å². The molecule has 2 aromatic rings. The molecule has 168 valence electrons. The first kappa shape index (κ1) is 23.7. The Balaban J connectivity index is 2.54. The van der Waals surface area contributed by atoms with E-state index in [2.05, 4.69) is 9.97 Å². The normalized spacial score (nSPS) is 10.7. The van der Waals surface area contributed by atoms with Crippen LogP contribution in [0.15, 0.2) is 0 Å². The van der Waals surface area contributed by atoms with Crippen LogP contribution < -0.4 is 0 Å². The summed E-state index contributed by atoms with van der Waals surface area (Å²) in [6, 6.07) is 0. The topological polar surface area (TPSA) is 159 Å². The highest BCUT2D eigenvalue weighted by Crippen LogP contribution is 2.27. The zero-order valence-electron chi connectivity index (χ0n) is 17.9. The molecule has 2 heterocycles. The van der Waals surface area contributed by atoms with Gasteiger partial charge in [-0.25, -0.2) is 9.59 Å². The van der Waals surface area contributed by atoms with Gasteiger partial charge in [-0.3, -0.25) is 9.59 Å². The van der Waals surface area contributed by atoms with Crippen LogP contribution in [0, 0.1) is 13.8 Å². The summed E-state index contributed by atoms with van der Waals surface area (Å²) < 4.78 is 9.60. The Kier molecular flexibility index (Phi) is 7.62. The molecule has 0 spiro atoms. The molecule has 10 nitrogen and oxygen atoms in total. The van der Waals surface area contributed by atoms with Crippen molar-refractivity contribution in [3.8, 4) is 0 Å². The van der Waals surface area contributed by atoms with Crippen molar-refractivity contribution in [2.75, 3.05) is 14.2 Å². The second-order valence-electron chi connectivity index (χ2n) is 7.11. The molecule has 0 unspecified atom stereocenters. The number of aromatic nitrogens is 2. The lowest BCUT2D eigenvalue weighted by Crippen LogP contribution is -2.04. The predicted octanol–water partition coefficient (Wildman–Crippen LogP) is 2.16. The van der Waals surface area contributed by atoms with Crippen molar-refractivity contribution in [3.05, 3.63) is 45.0 Å². The van der Waals surface area contributed by atoms with E-state index in [4.69, 9.17) is 19.7 Å². The summed E-state index contributed by atoms with van der Waals surface area (Å²) in [4.78, 5) is 52.5. The van der Waals surface area contributed by atoms with Crippen LogP contribution in [0.3, 0.4) is 0 Å². The lowest BCUT2D eigenvalue weighted by atomic mass is 9.98. The number of carboxylic acids is 2. The average Bonchev–Trinajstić information content (AvgIpc) is 3.20. The molecule has 2 rings (SSSR count). The lowest BCUT2D eigenvalue weighted by molar-refractivity contribution is -0.138. The van der Waals surface area contributed by atoms with Crippen LogP contribution in [0.25, 0.3) is 0 Å². The van der Waals surface area contributed by atoms with E-state index in [1.165, 1.54) is 14.2 Å². The first-order valence-electron chi connectivity index (χ1n) is 9.61. The minimum Gasteiger partial charge on any atom is -0.481 e. The monoisotopic (exact) mass is 434 g/mol. The summed E-state index contributed by atoms with van der Waals surface area (Å²) in [7, 11) is 2.50. The summed E-state index contributed by atoms with van der Waals surface area (Å²) in [5, 5.41) is 18.2. The number of methoxy groups -OCH3 is 2. The molecule has 0 radical (unpaired) electrons. The highest BCUT2D eigenvalue weighted by molar-refractivity contribution is 5.90. The zero-order valence-corrected chi connectivity index (χ0v) is 17.9. The van der Waals surface area contributed by atoms with Crippen molar-refractivity contribution in [2.24, 2.45) is 0 Å². The van der Waals surface area contributed by atoms with Gasteiger partial charge in [0.15, 0.2) is 0 Å². The quantitative estimate of drug-likeness (QED) is 0.414. The minimum atomic E-state index is -0.975. The van der Waals surface area contributed by atoms with Crippen LogP contribution >= 0.6 is 0 Å². The number of aliphatic carboxylic acids is 2. The fraction of sp³-hybridized carbons (Fsp3) is 0.429. The third-order valence-corrected chi connectivity index (χ3v) is 5.25. The van der Waals surface area contributed by atoms with Crippen molar-refractivity contribution in [1.82, 2.24) is 9.97 Å². The summed E-state index contributed by atoms with van der Waals surface area (Å²) >= 11 is 0. The number of H-pyrrole nitrogens is 2. The van der Waals surface area contributed by atoms with E-state index < -0.39 is 23.9 Å². The van der Waals surface area contributed by atoms with Gasteiger partial charge >= 0.3 is 23.9 Å². The Labute approximate surface area is 178 Å². The van der Waals surface area contributed by atoms with Gasteiger partial charge in [0.05, 0.1) is 14.2 Å². The van der Waals surface area contributed by atoms with E-state index in [0.29, 0.717) is 33.6 Å². The number of hydrogen-bond donors (Lipinski definition) is 4. The first-order chi connectivity index (χ1) is 14.6. The van der Waals surface area contributed by atoms with Gasteiger partial charge in [-0.15, -0.1) is 0 Å².